The van der Waals surface area contributed by atoms with Crippen LogP contribution in [0.3, 0.4) is 0 Å². The van der Waals surface area contributed by atoms with Crippen molar-refractivity contribution in [3.05, 3.63) is 47.8 Å². The van der Waals surface area contributed by atoms with Crippen LogP contribution in [-0.2, 0) is 13.1 Å². The molecule has 22 heavy (non-hydrogen) atoms. The Morgan fingerprint density at radius 3 is 2.82 bits per heavy atom. The Bertz CT molecular complexity index is 634. The second-order valence-corrected chi connectivity index (χ2v) is 5.50. The third-order valence-corrected chi connectivity index (χ3v) is 3.89. The lowest BCUT2D eigenvalue weighted by Crippen LogP contribution is -2.38. The molecule has 3 rings (SSSR count). The summed E-state index contributed by atoms with van der Waals surface area (Å²) in [6.45, 7) is 4.93. The first kappa shape index (κ1) is 14.6. The second kappa shape index (κ2) is 6.64. The van der Waals surface area contributed by atoms with E-state index in [0.717, 1.165) is 37.4 Å². The number of nitrogens with zero attached hydrogens (tertiary/aromatic N) is 3. The molecule has 116 valence electrons. The molecule has 0 bridgehead atoms. The Morgan fingerprint density at radius 2 is 2.05 bits per heavy atom. The second-order valence-electron chi connectivity index (χ2n) is 5.50. The summed E-state index contributed by atoms with van der Waals surface area (Å²) < 4.78 is 7.58. The van der Waals surface area contributed by atoms with Crippen molar-refractivity contribution in [1.29, 1.82) is 0 Å². The summed E-state index contributed by atoms with van der Waals surface area (Å²) in [7, 11) is 0. The molecule has 0 atom stereocenters. The van der Waals surface area contributed by atoms with Crippen LogP contribution < -0.4 is 4.74 Å². The van der Waals surface area contributed by atoms with Gasteiger partial charge in [0.1, 0.15) is 5.75 Å². The van der Waals surface area contributed by atoms with Crippen LogP contribution >= 0.6 is 0 Å². The van der Waals surface area contributed by atoms with Crippen molar-refractivity contribution in [3.8, 4) is 5.75 Å². The third kappa shape index (κ3) is 3.13. The number of ether oxygens (including phenoxy) is 1. The minimum absolute atomic E-state index is 0.0626. The Kier molecular flexibility index (Phi) is 4.42. The van der Waals surface area contributed by atoms with Crippen molar-refractivity contribution in [2.24, 2.45) is 0 Å². The minimum Gasteiger partial charge on any atom is -0.494 e. The van der Waals surface area contributed by atoms with Gasteiger partial charge in [-0.25, -0.2) is 0 Å². The molecule has 5 nitrogen and oxygen atoms in total. The van der Waals surface area contributed by atoms with Gasteiger partial charge in [-0.3, -0.25) is 9.48 Å². The molecule has 1 aromatic heterocycles. The molecule has 2 aromatic rings. The van der Waals surface area contributed by atoms with Gasteiger partial charge in [0, 0.05) is 18.3 Å². The molecule has 1 amide bonds. The van der Waals surface area contributed by atoms with Crippen molar-refractivity contribution >= 4 is 5.91 Å². The molecule has 0 fully saturated rings. The predicted octanol–water partition coefficient (Wildman–Crippen LogP) is 2.72. The molecule has 1 aromatic carbocycles. The number of unbranched alkanes of at least 4 members (excludes halogenated alkanes) is 1. The number of hydrogen-bond donors (Lipinski definition) is 0. The molecule has 0 saturated heterocycles. The van der Waals surface area contributed by atoms with Gasteiger partial charge in [-0.15, -0.1) is 0 Å². The molecule has 0 unspecified atom stereocenters. The lowest BCUT2D eigenvalue weighted by molar-refractivity contribution is 0.0706. The Morgan fingerprint density at radius 1 is 1.23 bits per heavy atom. The van der Waals surface area contributed by atoms with E-state index >= 15 is 0 Å². The van der Waals surface area contributed by atoms with Gasteiger partial charge in [0.2, 0.25) is 0 Å². The number of rotatable bonds is 5. The first-order valence-corrected chi connectivity index (χ1v) is 7.81. The van der Waals surface area contributed by atoms with Crippen molar-refractivity contribution in [2.75, 3.05) is 13.2 Å². The van der Waals surface area contributed by atoms with E-state index in [4.69, 9.17) is 4.74 Å². The van der Waals surface area contributed by atoms with Gasteiger partial charge < -0.3 is 9.64 Å². The summed E-state index contributed by atoms with van der Waals surface area (Å²) in [4.78, 5) is 14.4. The van der Waals surface area contributed by atoms with E-state index in [-0.39, 0.29) is 5.91 Å². The number of hydrogen-bond acceptors (Lipinski definition) is 3. The molecule has 5 heteroatoms. The van der Waals surface area contributed by atoms with Gasteiger partial charge in [0.05, 0.1) is 25.4 Å². The maximum absolute atomic E-state index is 12.6. The highest BCUT2D eigenvalue weighted by atomic mass is 16.5. The molecule has 1 aliphatic rings. The fourth-order valence-corrected chi connectivity index (χ4v) is 2.57. The Labute approximate surface area is 130 Å². The van der Waals surface area contributed by atoms with Gasteiger partial charge >= 0.3 is 0 Å². The molecule has 0 N–H and O–H groups in total. The van der Waals surface area contributed by atoms with Crippen molar-refractivity contribution in [3.63, 3.8) is 0 Å². The highest BCUT2D eigenvalue weighted by Gasteiger charge is 2.21. The summed E-state index contributed by atoms with van der Waals surface area (Å²) in [5.41, 5.74) is 1.79. The minimum atomic E-state index is 0.0626. The Hall–Kier alpha value is -2.30. The van der Waals surface area contributed by atoms with Crippen LogP contribution in [0.4, 0.5) is 0 Å². The molecule has 0 aliphatic carbocycles. The van der Waals surface area contributed by atoms with Crippen LogP contribution in [0.15, 0.2) is 36.5 Å². The molecule has 0 radical (unpaired) electrons. The highest BCUT2D eigenvalue weighted by Crippen LogP contribution is 2.17. The van der Waals surface area contributed by atoms with Gasteiger partial charge in [-0.1, -0.05) is 13.3 Å². The highest BCUT2D eigenvalue weighted by molar-refractivity contribution is 5.94. The molecule has 1 aliphatic heterocycles. The fourth-order valence-electron chi connectivity index (χ4n) is 2.57. The van der Waals surface area contributed by atoms with Gasteiger partial charge in [-0.2, -0.15) is 5.10 Å². The maximum Gasteiger partial charge on any atom is 0.254 e. The van der Waals surface area contributed by atoms with E-state index < -0.39 is 0 Å². The topological polar surface area (TPSA) is 47.4 Å². The van der Waals surface area contributed by atoms with E-state index in [2.05, 4.69) is 12.0 Å². The van der Waals surface area contributed by atoms with E-state index in [1.165, 1.54) is 0 Å². The van der Waals surface area contributed by atoms with E-state index in [1.54, 1.807) is 6.20 Å². The Balaban J connectivity index is 1.63. The van der Waals surface area contributed by atoms with Crippen LogP contribution in [0.5, 0.6) is 5.75 Å². The standard InChI is InChI=1S/C17H21N3O2/c1-2-3-12-22-16-6-4-14(5-7-16)17(21)19-10-11-20-15(13-19)8-9-18-20/h4-9H,2-3,10-13H2,1H3. The molecule has 0 spiro atoms. The number of amides is 1. The monoisotopic (exact) mass is 299 g/mol. The summed E-state index contributed by atoms with van der Waals surface area (Å²) >= 11 is 0. The normalized spacial score (nSPS) is 13.8. The van der Waals surface area contributed by atoms with Gasteiger partial charge in [0.25, 0.3) is 5.91 Å². The number of fused-ring (bicyclic) bond motifs is 1. The first-order valence-electron chi connectivity index (χ1n) is 7.81. The lowest BCUT2D eigenvalue weighted by Gasteiger charge is -2.27. The first-order chi connectivity index (χ1) is 10.8. The number of benzene rings is 1. The predicted molar refractivity (Wildman–Crippen MR) is 83.8 cm³/mol. The third-order valence-electron chi connectivity index (χ3n) is 3.89. The largest absolute Gasteiger partial charge is 0.494 e. The average Bonchev–Trinajstić information content (AvgIpc) is 3.02. The summed E-state index contributed by atoms with van der Waals surface area (Å²) in [6.07, 6.45) is 3.94. The lowest BCUT2D eigenvalue weighted by atomic mass is 10.1. The summed E-state index contributed by atoms with van der Waals surface area (Å²) in [6, 6.07) is 9.39. The molecule has 0 saturated carbocycles. The van der Waals surface area contributed by atoms with Crippen molar-refractivity contribution in [2.45, 2.75) is 32.9 Å². The zero-order chi connectivity index (χ0) is 15.4. The van der Waals surface area contributed by atoms with Crippen molar-refractivity contribution in [1.82, 2.24) is 14.7 Å². The quantitative estimate of drug-likeness (QED) is 0.798. The molecule has 2 heterocycles. The molecular formula is C17H21N3O2. The SMILES string of the molecule is CCCCOc1ccc(C(=O)N2CCn3nccc3C2)cc1. The van der Waals surface area contributed by atoms with Crippen molar-refractivity contribution < 1.29 is 9.53 Å². The van der Waals surface area contributed by atoms with E-state index in [9.17, 15) is 4.79 Å². The van der Waals surface area contributed by atoms with E-state index in [0.29, 0.717) is 18.7 Å². The number of aromatic nitrogens is 2. The van der Waals surface area contributed by atoms with Crippen LogP contribution in [0.1, 0.15) is 35.8 Å². The smallest absolute Gasteiger partial charge is 0.254 e. The van der Waals surface area contributed by atoms with Gasteiger partial charge in [0.15, 0.2) is 0 Å². The van der Waals surface area contributed by atoms with Crippen LogP contribution in [-0.4, -0.2) is 33.7 Å². The number of carbonyl (C=O) groups excluding carboxylic acids is 1. The zero-order valence-corrected chi connectivity index (χ0v) is 12.9. The van der Waals surface area contributed by atoms with E-state index in [1.807, 2.05) is 39.9 Å². The van der Waals surface area contributed by atoms with Gasteiger partial charge in [-0.05, 0) is 36.8 Å². The summed E-state index contributed by atoms with van der Waals surface area (Å²) in [5, 5.41) is 4.23. The molecular weight excluding hydrogens is 278 g/mol. The van der Waals surface area contributed by atoms with Crippen LogP contribution in [0.25, 0.3) is 0 Å². The summed E-state index contributed by atoms with van der Waals surface area (Å²) in [5.74, 6) is 0.884. The maximum atomic E-state index is 12.6. The fraction of sp³-hybridized carbons (Fsp3) is 0.412. The zero-order valence-electron chi connectivity index (χ0n) is 12.9. The van der Waals surface area contributed by atoms with Crippen LogP contribution in [0, 0.1) is 0 Å². The average molecular weight is 299 g/mol. The number of carbonyl (C=O) groups is 1. The van der Waals surface area contributed by atoms with Crippen LogP contribution in [0.2, 0.25) is 0 Å².